The number of methoxy groups -OCH3 is 1. The Labute approximate surface area is 215 Å². The summed E-state index contributed by atoms with van der Waals surface area (Å²) in [6.07, 6.45) is 1.71. The van der Waals surface area contributed by atoms with Crippen molar-refractivity contribution < 1.29 is 23.9 Å². The summed E-state index contributed by atoms with van der Waals surface area (Å²) >= 11 is 7.47. The Morgan fingerprint density at radius 2 is 1.71 bits per heavy atom. The molecule has 3 rings (SSSR count). The van der Waals surface area contributed by atoms with Gasteiger partial charge in [0.05, 0.1) is 29.2 Å². The van der Waals surface area contributed by atoms with Crippen molar-refractivity contribution in [2.24, 2.45) is 0 Å². The molecule has 34 heavy (non-hydrogen) atoms. The Kier molecular flexibility index (Phi) is 9.29. The second-order valence-corrected chi connectivity index (χ2v) is 9.91. The predicted octanol–water partition coefficient (Wildman–Crippen LogP) is 4.13. The van der Waals surface area contributed by atoms with Gasteiger partial charge in [0.15, 0.2) is 6.61 Å². The molecule has 1 N–H and O–H groups in total. The van der Waals surface area contributed by atoms with Crippen LogP contribution in [0, 0.1) is 0 Å². The van der Waals surface area contributed by atoms with E-state index in [1.54, 1.807) is 30.2 Å². The monoisotopic (exact) mass is 592 g/mol. The molecule has 1 aliphatic heterocycles. The number of esters is 1. The van der Waals surface area contributed by atoms with Crippen LogP contribution in [0.15, 0.2) is 72.4 Å². The van der Waals surface area contributed by atoms with Gasteiger partial charge in [-0.05, 0) is 30.2 Å². The van der Waals surface area contributed by atoms with Crippen LogP contribution in [0.4, 0.5) is 0 Å². The van der Waals surface area contributed by atoms with Crippen LogP contribution in [0.5, 0.6) is 5.75 Å². The van der Waals surface area contributed by atoms with Gasteiger partial charge in [-0.25, -0.2) is 0 Å². The number of hydrogen-bond donors (Lipinski definition) is 1. The molecular weight excluding hydrogens is 568 g/mol. The number of carbonyl (C=O) groups is 3. The van der Waals surface area contributed by atoms with Gasteiger partial charge in [-0.3, -0.25) is 14.4 Å². The Morgan fingerprint density at radius 3 is 2.32 bits per heavy atom. The molecule has 1 fully saturated rings. The molecule has 0 aromatic heterocycles. The number of likely N-dealkylation sites (tertiary alicyclic amines) is 1. The van der Waals surface area contributed by atoms with Crippen molar-refractivity contribution in [2.45, 2.75) is 35.1 Å². The molecule has 7 nitrogen and oxygen atoms in total. The minimum atomic E-state index is -0.748. The van der Waals surface area contributed by atoms with Gasteiger partial charge in [0.2, 0.25) is 0 Å². The summed E-state index contributed by atoms with van der Waals surface area (Å²) in [4.78, 5) is 38.4. The minimum Gasteiger partial charge on any atom is -0.484 e. The lowest BCUT2D eigenvalue weighted by Gasteiger charge is -2.49. The van der Waals surface area contributed by atoms with Crippen LogP contribution in [0.1, 0.15) is 23.7 Å². The molecule has 0 spiro atoms. The zero-order chi connectivity index (χ0) is 24.7. The van der Waals surface area contributed by atoms with Crippen LogP contribution in [-0.2, 0) is 19.1 Å². The van der Waals surface area contributed by atoms with E-state index in [9.17, 15) is 14.4 Å². The summed E-state index contributed by atoms with van der Waals surface area (Å²) < 4.78 is 10.2. The van der Waals surface area contributed by atoms with Crippen LogP contribution < -0.4 is 10.1 Å². The van der Waals surface area contributed by atoms with Crippen LogP contribution >= 0.6 is 31.9 Å². The van der Waals surface area contributed by atoms with Crippen molar-refractivity contribution >= 4 is 49.6 Å². The normalized spacial score (nSPS) is 19.6. The van der Waals surface area contributed by atoms with Crippen molar-refractivity contribution in [3.05, 3.63) is 78.0 Å². The fraction of sp³-hybridized carbons (Fsp3) is 0.320. The van der Waals surface area contributed by atoms with Gasteiger partial charge in [-0.2, -0.15) is 0 Å². The van der Waals surface area contributed by atoms with Crippen molar-refractivity contribution in [1.82, 2.24) is 10.2 Å². The van der Waals surface area contributed by atoms with E-state index in [2.05, 4.69) is 37.2 Å². The average molecular weight is 594 g/mol. The van der Waals surface area contributed by atoms with Crippen molar-refractivity contribution in [2.75, 3.05) is 13.7 Å². The maximum atomic E-state index is 13.0. The van der Waals surface area contributed by atoms with Crippen molar-refractivity contribution in [3.63, 3.8) is 0 Å². The number of alkyl halides is 2. The molecule has 4 unspecified atom stereocenters. The van der Waals surface area contributed by atoms with Gasteiger partial charge in [-0.15, -0.1) is 0 Å². The summed E-state index contributed by atoms with van der Waals surface area (Å²) in [5, 5.41) is 2.80. The maximum Gasteiger partial charge on any atom is 0.309 e. The minimum absolute atomic E-state index is 0.0678. The van der Waals surface area contributed by atoms with Crippen molar-refractivity contribution in [1.29, 1.82) is 0 Å². The molecule has 0 saturated carbocycles. The topological polar surface area (TPSA) is 84.9 Å². The number of carbonyl (C=O) groups excluding carboxylic acids is 3. The number of amides is 2. The summed E-state index contributed by atoms with van der Waals surface area (Å²) in [6, 6.07) is 17.6. The molecule has 2 aromatic carbocycles. The summed E-state index contributed by atoms with van der Waals surface area (Å²) in [5.41, 5.74) is 1.70. The molecule has 2 aromatic rings. The Hall–Kier alpha value is -2.65. The molecule has 1 aliphatic rings. The second kappa shape index (κ2) is 12.2. The molecule has 0 aliphatic carbocycles. The van der Waals surface area contributed by atoms with E-state index in [0.29, 0.717) is 11.3 Å². The first kappa shape index (κ1) is 26.0. The lowest BCUT2D eigenvalue weighted by atomic mass is 9.89. The third-order valence-corrected chi connectivity index (χ3v) is 8.23. The number of ether oxygens (including phenoxy) is 2. The predicted molar refractivity (Wildman–Crippen MR) is 136 cm³/mol. The van der Waals surface area contributed by atoms with Gasteiger partial charge in [-0.1, -0.05) is 80.4 Å². The van der Waals surface area contributed by atoms with E-state index in [1.807, 2.05) is 48.5 Å². The average Bonchev–Trinajstić information content (AvgIpc) is 2.86. The van der Waals surface area contributed by atoms with Gasteiger partial charge in [0.1, 0.15) is 11.8 Å². The molecule has 0 radical (unpaired) electrons. The van der Waals surface area contributed by atoms with Gasteiger partial charge in [0, 0.05) is 6.20 Å². The molecule has 2 amide bonds. The van der Waals surface area contributed by atoms with Crippen LogP contribution in [0.3, 0.4) is 0 Å². The highest BCUT2D eigenvalue weighted by molar-refractivity contribution is 9.12. The second-order valence-electron chi connectivity index (χ2n) is 7.87. The molecule has 0 bridgehead atoms. The quantitative estimate of drug-likeness (QED) is 0.254. The molecule has 4 atom stereocenters. The number of halogens is 2. The maximum absolute atomic E-state index is 13.0. The number of β-lactam (4-membered cyclic amide) rings is 1. The third kappa shape index (κ3) is 6.48. The SMILES string of the molecule is COC(=O)CC(C)=CN1C(=O)C(NC(=O)COc2ccccc2)C1C(Br)C(Br)c1ccccc1. The first-order valence-electron chi connectivity index (χ1n) is 10.7. The van der Waals surface area contributed by atoms with E-state index in [-0.39, 0.29) is 34.6 Å². The number of benzene rings is 2. The first-order chi connectivity index (χ1) is 16.3. The molecular formula is C25H26Br2N2O5. The molecule has 9 heteroatoms. The van der Waals surface area contributed by atoms with E-state index in [1.165, 1.54) is 7.11 Å². The molecule has 180 valence electrons. The van der Waals surface area contributed by atoms with Gasteiger partial charge >= 0.3 is 5.97 Å². The van der Waals surface area contributed by atoms with Crippen molar-refractivity contribution in [3.8, 4) is 5.75 Å². The summed E-state index contributed by atoms with van der Waals surface area (Å²) in [6.45, 7) is 1.55. The number of hydrogen-bond acceptors (Lipinski definition) is 5. The van der Waals surface area contributed by atoms with Crippen LogP contribution in [0.25, 0.3) is 0 Å². The lowest BCUT2D eigenvalue weighted by Crippen LogP contribution is -2.72. The van der Waals surface area contributed by atoms with Gasteiger partial charge < -0.3 is 19.7 Å². The number of nitrogens with one attached hydrogen (secondary N) is 1. The first-order valence-corrected chi connectivity index (χ1v) is 12.5. The van der Waals surface area contributed by atoms with E-state index in [0.717, 1.165) is 5.56 Å². The number of nitrogens with zero attached hydrogens (tertiary/aromatic N) is 1. The highest BCUT2D eigenvalue weighted by atomic mass is 79.9. The highest BCUT2D eigenvalue weighted by Crippen LogP contribution is 2.40. The van der Waals surface area contributed by atoms with E-state index >= 15 is 0 Å². The van der Waals surface area contributed by atoms with E-state index in [4.69, 9.17) is 9.47 Å². The van der Waals surface area contributed by atoms with Gasteiger partial charge in [0.25, 0.3) is 11.8 Å². The van der Waals surface area contributed by atoms with Crippen LogP contribution in [-0.4, -0.2) is 53.3 Å². The zero-order valence-electron chi connectivity index (χ0n) is 18.8. The third-order valence-electron chi connectivity index (χ3n) is 5.35. The lowest BCUT2D eigenvalue weighted by molar-refractivity contribution is -0.149. The Balaban J connectivity index is 1.75. The Bertz CT molecular complexity index is 1030. The summed E-state index contributed by atoms with van der Waals surface area (Å²) in [5.74, 6) is -0.480. The largest absolute Gasteiger partial charge is 0.484 e. The fourth-order valence-electron chi connectivity index (χ4n) is 3.62. The number of para-hydroxylation sites is 1. The zero-order valence-corrected chi connectivity index (χ0v) is 22.0. The smallest absolute Gasteiger partial charge is 0.309 e. The molecule has 1 heterocycles. The fourth-order valence-corrected chi connectivity index (χ4v) is 5.11. The standard InChI is InChI=1S/C25H26Br2N2O5/c1-16(13-20(31)33-2)14-29-24(22(27)21(26)17-9-5-3-6-10-17)23(25(29)32)28-19(30)15-34-18-11-7-4-8-12-18/h3-12,14,21-24H,13,15H2,1-2H3,(H,28,30). The molecule has 1 saturated heterocycles. The Morgan fingerprint density at radius 1 is 1.09 bits per heavy atom. The van der Waals surface area contributed by atoms with E-state index < -0.39 is 18.0 Å². The summed E-state index contributed by atoms with van der Waals surface area (Å²) in [7, 11) is 1.32. The van der Waals surface area contributed by atoms with Crippen LogP contribution in [0.2, 0.25) is 0 Å². The highest BCUT2D eigenvalue weighted by Gasteiger charge is 2.52. The number of rotatable bonds is 10.